The van der Waals surface area contributed by atoms with Gasteiger partial charge in [-0.15, -0.1) is 0 Å². The first-order valence-corrected chi connectivity index (χ1v) is 15.5. The van der Waals surface area contributed by atoms with Gasteiger partial charge in [0.2, 0.25) is 0 Å². The van der Waals surface area contributed by atoms with Crippen LogP contribution in [0.4, 0.5) is 8.78 Å². The first-order chi connectivity index (χ1) is 20.8. The Labute approximate surface area is 312 Å². The molecule has 1 aliphatic carbocycles. The molecule has 1 unspecified atom stereocenters. The summed E-state index contributed by atoms with van der Waals surface area (Å²) in [5, 5.41) is 13.2. The summed E-state index contributed by atoms with van der Waals surface area (Å²) in [6, 6.07) is 18.2. The number of hydrogen-bond acceptors (Lipinski definition) is 5. The standard InChI is InChI=1S/C31H33ClF2N2O2.C2H7N.C2H6.2CH3.Ca/c1-20-8-11-24(12-9-20)36-19-26(21-6-4-3-5-7-21)23-16-25(30(32)27(33)17-23)29-22(18-35)10-13-28(31(29)34)38-15-14-37-2;1-2-3;1-2;;;/h3-7,10,13,16-17,20,24,26,36H,8-9,11-12,14-15,19H2,1-2H3;2-3H2,1H3;1-2H3;2*1H3;/q;;;2*-1;+2. The second-order valence-corrected chi connectivity index (χ2v) is 10.7. The van der Waals surface area contributed by atoms with Crippen LogP contribution in [0.25, 0.3) is 11.1 Å². The largest absolute Gasteiger partial charge is 2.00 e. The van der Waals surface area contributed by atoms with Gasteiger partial charge in [-0.2, -0.15) is 5.26 Å². The fourth-order valence-electron chi connectivity index (χ4n) is 5.12. The predicted molar refractivity (Wildman–Crippen MR) is 191 cm³/mol. The summed E-state index contributed by atoms with van der Waals surface area (Å²) in [6.07, 6.45) is 4.59. The van der Waals surface area contributed by atoms with Gasteiger partial charge >= 0.3 is 37.7 Å². The normalized spacial score (nSPS) is 15.5. The predicted octanol–water partition coefficient (Wildman–Crippen LogP) is 8.99. The van der Waals surface area contributed by atoms with E-state index in [1.54, 1.807) is 6.07 Å². The van der Waals surface area contributed by atoms with Gasteiger partial charge < -0.3 is 35.4 Å². The van der Waals surface area contributed by atoms with Gasteiger partial charge in [-0.1, -0.05) is 69.6 Å². The Hall–Kier alpha value is -1.76. The molecule has 0 amide bonds. The van der Waals surface area contributed by atoms with Crippen molar-refractivity contribution in [2.75, 3.05) is 33.4 Å². The van der Waals surface area contributed by atoms with Crippen molar-refractivity contribution in [2.45, 2.75) is 65.3 Å². The summed E-state index contributed by atoms with van der Waals surface area (Å²) in [5.74, 6) is -0.934. The average Bonchev–Trinajstić information content (AvgIpc) is 3.02. The van der Waals surface area contributed by atoms with E-state index < -0.39 is 11.6 Å². The van der Waals surface area contributed by atoms with E-state index in [9.17, 15) is 5.26 Å². The quantitative estimate of drug-likeness (QED) is 0.127. The van der Waals surface area contributed by atoms with Crippen molar-refractivity contribution in [3.63, 3.8) is 0 Å². The average molecular weight is 684 g/mol. The monoisotopic (exact) mass is 683 g/mol. The number of ether oxygens (including phenoxy) is 2. The molecule has 0 saturated heterocycles. The molecule has 0 radical (unpaired) electrons. The van der Waals surface area contributed by atoms with Crippen molar-refractivity contribution in [3.05, 3.63) is 103 Å². The molecule has 0 heterocycles. The minimum absolute atomic E-state index is 0. The SMILES string of the molecule is CC.CCN.COCCOc1ccc(C#N)c(-c2cc(C(CNC3CCC(C)CC3)c3ccccc3)cc(F)c2Cl)c1F.[CH3-].[CH3-].[Ca+2]. The maximum absolute atomic E-state index is 15.7. The molecule has 3 N–H and O–H groups in total. The molecule has 46 heavy (non-hydrogen) atoms. The molecule has 0 spiro atoms. The van der Waals surface area contributed by atoms with Crippen molar-refractivity contribution in [3.8, 4) is 22.9 Å². The van der Waals surface area contributed by atoms with Crippen LogP contribution in [0.1, 0.15) is 76.0 Å². The third-order valence-corrected chi connectivity index (χ3v) is 7.71. The Bertz CT molecular complexity index is 1300. The van der Waals surface area contributed by atoms with Gasteiger partial charge in [0.25, 0.3) is 0 Å². The van der Waals surface area contributed by atoms with Crippen molar-refractivity contribution in [1.82, 2.24) is 5.32 Å². The van der Waals surface area contributed by atoms with Crippen molar-refractivity contribution < 1.29 is 18.3 Å². The number of benzene rings is 3. The Kier molecular flexibility index (Phi) is 25.5. The summed E-state index contributed by atoms with van der Waals surface area (Å²) in [4.78, 5) is 0. The van der Waals surface area contributed by atoms with E-state index in [-0.39, 0.29) is 99.2 Å². The molecule has 5 nitrogen and oxygen atoms in total. The Morgan fingerprint density at radius 3 is 2.17 bits per heavy atom. The van der Waals surface area contributed by atoms with E-state index in [1.807, 2.05) is 57.2 Å². The third-order valence-electron chi connectivity index (χ3n) is 7.32. The van der Waals surface area contributed by atoms with E-state index in [4.69, 9.17) is 26.8 Å². The molecular formula is C37H52CaClF2N3O2. The molecule has 1 atom stereocenters. The molecule has 0 bridgehead atoms. The van der Waals surface area contributed by atoms with Gasteiger partial charge in [0.15, 0.2) is 11.6 Å². The molecule has 3 aromatic carbocycles. The second kappa shape index (κ2) is 25.3. The Morgan fingerprint density at radius 1 is 1.00 bits per heavy atom. The first-order valence-electron chi connectivity index (χ1n) is 15.2. The zero-order chi connectivity index (χ0) is 31.8. The molecule has 3 aromatic rings. The van der Waals surface area contributed by atoms with Gasteiger partial charge in [0.1, 0.15) is 12.4 Å². The van der Waals surface area contributed by atoms with E-state index in [2.05, 4.69) is 12.2 Å². The molecular weight excluding hydrogens is 632 g/mol. The van der Waals surface area contributed by atoms with Crippen molar-refractivity contribution in [1.29, 1.82) is 5.26 Å². The maximum Gasteiger partial charge on any atom is 2.00 e. The molecule has 250 valence electrons. The number of nitriles is 1. The molecule has 0 aromatic heterocycles. The van der Waals surface area contributed by atoms with Crippen LogP contribution in [0, 0.1) is 43.7 Å². The van der Waals surface area contributed by atoms with E-state index in [0.717, 1.165) is 30.9 Å². The Balaban J connectivity index is 0. The molecule has 1 fully saturated rings. The molecule has 9 heteroatoms. The van der Waals surface area contributed by atoms with Gasteiger partial charge in [-0.25, -0.2) is 8.78 Å². The second-order valence-electron chi connectivity index (χ2n) is 10.4. The van der Waals surface area contributed by atoms with Crippen LogP contribution in [0.5, 0.6) is 5.75 Å². The zero-order valence-electron chi connectivity index (χ0n) is 28.8. The van der Waals surface area contributed by atoms with E-state index in [1.165, 1.54) is 38.2 Å². The molecule has 1 saturated carbocycles. The maximum atomic E-state index is 15.7. The minimum atomic E-state index is -0.760. The number of halogens is 3. The summed E-state index contributed by atoms with van der Waals surface area (Å²) >= 11 is 6.42. The number of methoxy groups -OCH3 is 1. The minimum Gasteiger partial charge on any atom is -0.488 e. The van der Waals surface area contributed by atoms with Gasteiger partial charge in [-0.05, 0) is 73.5 Å². The van der Waals surface area contributed by atoms with Crippen LogP contribution < -0.4 is 15.8 Å². The molecule has 1 aliphatic rings. The van der Waals surface area contributed by atoms with Gasteiger partial charge in [0.05, 0.1) is 23.3 Å². The summed E-state index contributed by atoms with van der Waals surface area (Å²) in [5.41, 5.74) is 6.61. The summed E-state index contributed by atoms with van der Waals surface area (Å²) in [6.45, 7) is 9.93. The number of nitrogens with two attached hydrogens (primary N) is 1. The molecule has 4 rings (SSSR count). The van der Waals surface area contributed by atoms with Crippen molar-refractivity contribution >= 4 is 49.3 Å². The Morgan fingerprint density at radius 2 is 1.61 bits per heavy atom. The smallest absolute Gasteiger partial charge is 0.488 e. The number of nitrogens with zero attached hydrogens (tertiary/aromatic N) is 1. The van der Waals surface area contributed by atoms with Crippen LogP contribution in [0.3, 0.4) is 0 Å². The number of rotatable bonds is 10. The fourth-order valence-corrected chi connectivity index (χ4v) is 5.32. The van der Waals surface area contributed by atoms with E-state index in [0.29, 0.717) is 18.2 Å². The number of nitrogens with one attached hydrogen (secondary N) is 1. The number of hydrogen-bond donors (Lipinski definition) is 2. The van der Waals surface area contributed by atoms with Crippen LogP contribution >= 0.6 is 11.6 Å². The van der Waals surface area contributed by atoms with Gasteiger partial charge in [-0.3, -0.25) is 0 Å². The van der Waals surface area contributed by atoms with Crippen LogP contribution in [0.2, 0.25) is 5.02 Å². The van der Waals surface area contributed by atoms with Crippen LogP contribution in [-0.4, -0.2) is 77.2 Å². The summed E-state index contributed by atoms with van der Waals surface area (Å²) < 4.78 is 41.6. The fraction of sp³-hybridized carbons (Fsp3) is 0.432. The van der Waals surface area contributed by atoms with Gasteiger partial charge in [0, 0.05) is 36.7 Å². The first kappa shape index (κ1) is 46.4. The zero-order valence-corrected chi connectivity index (χ0v) is 31.7. The van der Waals surface area contributed by atoms with Crippen LogP contribution in [-0.2, 0) is 4.74 Å². The van der Waals surface area contributed by atoms with E-state index >= 15 is 8.78 Å². The van der Waals surface area contributed by atoms with Crippen LogP contribution in [0.15, 0.2) is 54.6 Å². The summed E-state index contributed by atoms with van der Waals surface area (Å²) in [7, 11) is 1.52. The third kappa shape index (κ3) is 13.4. The molecule has 0 aliphatic heterocycles. The van der Waals surface area contributed by atoms with Crippen molar-refractivity contribution in [2.24, 2.45) is 11.7 Å². The topological polar surface area (TPSA) is 80.3 Å².